The van der Waals surface area contributed by atoms with Crippen LogP contribution >= 0.6 is 7.68 Å². The highest BCUT2D eigenvalue weighted by molar-refractivity contribution is 7.57. The molecule has 0 saturated heterocycles. The summed E-state index contributed by atoms with van der Waals surface area (Å²) < 4.78 is 111. The van der Waals surface area contributed by atoms with Crippen LogP contribution in [0.1, 0.15) is 6.92 Å². The van der Waals surface area contributed by atoms with Crippen molar-refractivity contribution in [2.75, 3.05) is 6.61 Å². The lowest BCUT2D eigenvalue weighted by atomic mass is 10.3. The molecule has 17 heavy (non-hydrogen) atoms. The van der Waals surface area contributed by atoms with Crippen LogP contribution in [0.2, 0.25) is 0 Å². The monoisotopic (exact) mass is 292 g/mol. The SMILES string of the molecule is CCOP(=O)(F)C(F)=C(C(F)(F)F)C(F)(F)F. The van der Waals surface area contributed by atoms with E-state index < -0.39 is 37.8 Å². The van der Waals surface area contributed by atoms with Crippen LogP contribution in [-0.4, -0.2) is 19.0 Å². The number of hydrogen-bond acceptors (Lipinski definition) is 2. The first kappa shape index (κ1) is 16.4. The second-order valence-electron chi connectivity index (χ2n) is 2.56. The average molecular weight is 292 g/mol. The fourth-order valence-electron chi connectivity index (χ4n) is 0.751. The molecule has 2 nitrogen and oxygen atoms in total. The van der Waals surface area contributed by atoms with Gasteiger partial charge in [-0.15, -0.1) is 4.20 Å². The Balaban J connectivity index is 5.83. The van der Waals surface area contributed by atoms with E-state index >= 15 is 0 Å². The summed E-state index contributed by atoms with van der Waals surface area (Å²) in [4.78, 5) is 0. The molecule has 0 amide bonds. The predicted molar refractivity (Wildman–Crippen MR) is 40.6 cm³/mol. The van der Waals surface area contributed by atoms with Crippen molar-refractivity contribution in [2.45, 2.75) is 19.3 Å². The number of allylic oxidation sites excluding steroid dienone is 1. The summed E-state index contributed by atoms with van der Waals surface area (Å²) in [6.45, 7) is 0.0601. The second kappa shape index (κ2) is 4.93. The Kier molecular flexibility index (Phi) is 4.75. The summed E-state index contributed by atoms with van der Waals surface area (Å²) in [6.07, 6.45) is -12.5. The van der Waals surface area contributed by atoms with Crippen molar-refractivity contribution in [1.82, 2.24) is 0 Å². The topological polar surface area (TPSA) is 26.3 Å². The van der Waals surface area contributed by atoms with Crippen molar-refractivity contribution < 1.29 is 44.0 Å². The fraction of sp³-hybridized carbons (Fsp3) is 0.667. The molecule has 0 aromatic heterocycles. The molecule has 0 fully saturated rings. The summed E-state index contributed by atoms with van der Waals surface area (Å²) in [5, 5.41) is 0. The highest BCUT2D eigenvalue weighted by atomic mass is 31.2. The normalized spacial score (nSPS) is 16.5. The maximum Gasteiger partial charge on any atom is 0.426 e. The summed E-state index contributed by atoms with van der Waals surface area (Å²) >= 11 is 0. The molecule has 1 unspecified atom stereocenters. The lowest BCUT2D eigenvalue weighted by Gasteiger charge is -2.17. The quantitative estimate of drug-likeness (QED) is 0.566. The summed E-state index contributed by atoms with van der Waals surface area (Å²) in [7, 11) is -6.26. The molecular weight excluding hydrogens is 287 g/mol. The van der Waals surface area contributed by atoms with Crippen molar-refractivity contribution in [3.05, 3.63) is 11.1 Å². The van der Waals surface area contributed by atoms with E-state index in [1.165, 1.54) is 0 Å². The molecule has 102 valence electrons. The van der Waals surface area contributed by atoms with Crippen LogP contribution in [0.5, 0.6) is 0 Å². The van der Waals surface area contributed by atoms with Gasteiger partial charge in [0.15, 0.2) is 5.57 Å². The first-order chi connectivity index (χ1) is 7.34. The van der Waals surface area contributed by atoms with Gasteiger partial charge in [-0.3, -0.25) is 0 Å². The van der Waals surface area contributed by atoms with Crippen LogP contribution in [0.3, 0.4) is 0 Å². The molecule has 0 aliphatic rings. The first-order valence-corrected chi connectivity index (χ1v) is 5.34. The number of alkyl halides is 6. The maximum atomic E-state index is 12.7. The van der Waals surface area contributed by atoms with E-state index in [0.717, 1.165) is 6.92 Å². The summed E-state index contributed by atoms with van der Waals surface area (Å²) in [6, 6.07) is 0. The van der Waals surface area contributed by atoms with E-state index in [9.17, 15) is 39.5 Å². The van der Waals surface area contributed by atoms with Crippen LogP contribution < -0.4 is 0 Å². The largest absolute Gasteiger partial charge is 0.426 e. The zero-order valence-corrected chi connectivity index (χ0v) is 8.89. The molecule has 0 saturated carbocycles. The number of hydrogen-bond donors (Lipinski definition) is 0. The molecule has 0 aliphatic carbocycles. The Bertz CT molecular complexity index is 338. The van der Waals surface area contributed by atoms with Gasteiger partial charge in [-0.05, 0) is 6.92 Å². The highest BCUT2D eigenvalue weighted by Crippen LogP contribution is 2.61. The molecular formula is C6H5F8O2P. The molecule has 0 bridgehead atoms. The number of halogens is 8. The van der Waals surface area contributed by atoms with Crippen LogP contribution in [0.4, 0.5) is 34.9 Å². The van der Waals surface area contributed by atoms with Crippen molar-refractivity contribution in [3.63, 3.8) is 0 Å². The lowest BCUT2D eigenvalue weighted by Crippen LogP contribution is -2.27. The molecule has 0 heterocycles. The smallest absolute Gasteiger partial charge is 0.301 e. The Morgan fingerprint density at radius 1 is 1.12 bits per heavy atom. The van der Waals surface area contributed by atoms with E-state index in [4.69, 9.17) is 0 Å². The zero-order chi connectivity index (χ0) is 14.1. The fourth-order valence-corrected chi connectivity index (χ4v) is 1.72. The van der Waals surface area contributed by atoms with Crippen LogP contribution in [0.25, 0.3) is 0 Å². The minimum Gasteiger partial charge on any atom is -0.301 e. The summed E-state index contributed by atoms with van der Waals surface area (Å²) in [5.41, 5.74) is -7.29. The Morgan fingerprint density at radius 2 is 1.47 bits per heavy atom. The van der Waals surface area contributed by atoms with E-state index in [2.05, 4.69) is 4.52 Å². The second-order valence-corrected chi connectivity index (χ2v) is 4.17. The molecule has 1 atom stereocenters. The van der Waals surface area contributed by atoms with Gasteiger partial charge in [0.25, 0.3) is 0 Å². The van der Waals surface area contributed by atoms with Gasteiger partial charge >= 0.3 is 20.0 Å². The van der Waals surface area contributed by atoms with Crippen molar-refractivity contribution in [2.24, 2.45) is 0 Å². The van der Waals surface area contributed by atoms with Gasteiger partial charge in [-0.1, -0.05) is 0 Å². The van der Waals surface area contributed by atoms with Crippen LogP contribution in [0.15, 0.2) is 11.1 Å². The van der Waals surface area contributed by atoms with Gasteiger partial charge in [0.2, 0.25) is 5.57 Å². The van der Waals surface area contributed by atoms with Gasteiger partial charge in [-0.25, -0.2) is 4.57 Å². The number of rotatable bonds is 3. The van der Waals surface area contributed by atoms with Gasteiger partial charge in [0.1, 0.15) is 0 Å². The Hall–Kier alpha value is -0.630. The standard InChI is InChI=1S/C6H5F8O2P/c1-2-16-17(14,15)4(7)3(5(8,9)10)6(11,12)13/h2H2,1H3. The minimum absolute atomic E-state index is 0.857. The first-order valence-electron chi connectivity index (χ1n) is 3.83. The van der Waals surface area contributed by atoms with E-state index in [-0.39, 0.29) is 0 Å². The third-order valence-electron chi connectivity index (χ3n) is 1.30. The molecule has 0 aromatic carbocycles. The maximum absolute atomic E-state index is 12.7. The van der Waals surface area contributed by atoms with Gasteiger partial charge in [0, 0.05) is 0 Å². The van der Waals surface area contributed by atoms with E-state index in [1.807, 2.05) is 0 Å². The van der Waals surface area contributed by atoms with E-state index in [1.54, 1.807) is 0 Å². The Labute approximate surface area is 89.8 Å². The van der Waals surface area contributed by atoms with Crippen molar-refractivity contribution in [1.29, 1.82) is 0 Å². The molecule has 0 N–H and O–H groups in total. The van der Waals surface area contributed by atoms with Gasteiger partial charge in [-0.2, -0.15) is 30.7 Å². The Morgan fingerprint density at radius 3 is 1.71 bits per heavy atom. The zero-order valence-electron chi connectivity index (χ0n) is 7.99. The third kappa shape index (κ3) is 4.27. The van der Waals surface area contributed by atoms with Crippen molar-refractivity contribution >= 4 is 7.68 Å². The predicted octanol–water partition coefficient (Wildman–Crippen LogP) is 4.49. The van der Waals surface area contributed by atoms with Crippen LogP contribution in [0, 0.1) is 0 Å². The lowest BCUT2D eigenvalue weighted by molar-refractivity contribution is -0.173. The third-order valence-corrected chi connectivity index (χ3v) is 2.59. The van der Waals surface area contributed by atoms with E-state index in [0.29, 0.717) is 0 Å². The van der Waals surface area contributed by atoms with Gasteiger partial charge < -0.3 is 4.52 Å². The minimum atomic E-state index is -6.26. The molecule has 0 aromatic rings. The molecule has 0 spiro atoms. The molecule has 0 aliphatic heterocycles. The molecule has 0 radical (unpaired) electrons. The molecule has 0 rings (SSSR count). The molecule has 11 heteroatoms. The highest BCUT2D eigenvalue weighted by Gasteiger charge is 2.57. The average Bonchev–Trinajstić information content (AvgIpc) is 1.97. The van der Waals surface area contributed by atoms with Gasteiger partial charge in [0.05, 0.1) is 6.61 Å². The van der Waals surface area contributed by atoms with Crippen LogP contribution in [-0.2, 0) is 9.09 Å². The summed E-state index contributed by atoms with van der Waals surface area (Å²) in [5.74, 6) is 0. The van der Waals surface area contributed by atoms with Crippen molar-refractivity contribution in [3.8, 4) is 0 Å².